The second kappa shape index (κ2) is 9.27. The van der Waals surface area contributed by atoms with Gasteiger partial charge >= 0.3 is 0 Å². The number of methoxy groups -OCH3 is 1. The molecule has 8 nitrogen and oxygen atoms in total. The number of rotatable bonds is 6. The van der Waals surface area contributed by atoms with Crippen molar-refractivity contribution in [1.29, 1.82) is 0 Å². The van der Waals surface area contributed by atoms with Gasteiger partial charge in [-0.2, -0.15) is 0 Å². The summed E-state index contributed by atoms with van der Waals surface area (Å²) >= 11 is 0. The smallest absolute Gasteiger partial charge is 0.251 e. The summed E-state index contributed by atoms with van der Waals surface area (Å²) in [6.07, 6.45) is 2.63. The van der Waals surface area contributed by atoms with Gasteiger partial charge in [0.15, 0.2) is 0 Å². The molecule has 0 heterocycles. The first-order chi connectivity index (χ1) is 14.3. The van der Waals surface area contributed by atoms with E-state index in [2.05, 4.69) is 10.6 Å². The SMILES string of the molecule is COc1cccc(C(=O)NC2CCC(C(=O)Nc3cccc(S(N)(=O)=O)c3)CC2)c1. The Morgan fingerprint density at radius 2 is 1.73 bits per heavy atom. The van der Waals surface area contributed by atoms with Crippen molar-refractivity contribution in [2.75, 3.05) is 12.4 Å². The number of hydrogen-bond donors (Lipinski definition) is 3. The molecule has 0 aliphatic heterocycles. The van der Waals surface area contributed by atoms with E-state index >= 15 is 0 Å². The number of nitrogens with one attached hydrogen (secondary N) is 2. The van der Waals surface area contributed by atoms with Gasteiger partial charge in [0.25, 0.3) is 5.91 Å². The summed E-state index contributed by atoms with van der Waals surface area (Å²) in [5, 5.41) is 10.9. The number of benzene rings is 2. The van der Waals surface area contributed by atoms with Gasteiger partial charge in [0.05, 0.1) is 12.0 Å². The van der Waals surface area contributed by atoms with Crippen LogP contribution < -0.4 is 20.5 Å². The molecule has 9 heteroatoms. The molecule has 0 unspecified atom stereocenters. The first-order valence-electron chi connectivity index (χ1n) is 9.65. The summed E-state index contributed by atoms with van der Waals surface area (Å²) in [7, 11) is -2.28. The Balaban J connectivity index is 1.52. The third-order valence-electron chi connectivity index (χ3n) is 5.20. The minimum absolute atomic E-state index is 0.00142. The minimum Gasteiger partial charge on any atom is -0.497 e. The number of carbonyl (C=O) groups is 2. The van der Waals surface area contributed by atoms with Crippen LogP contribution in [0.2, 0.25) is 0 Å². The Hall–Kier alpha value is -2.91. The highest BCUT2D eigenvalue weighted by Crippen LogP contribution is 2.26. The lowest BCUT2D eigenvalue weighted by molar-refractivity contribution is -0.120. The highest BCUT2D eigenvalue weighted by Gasteiger charge is 2.27. The third-order valence-corrected chi connectivity index (χ3v) is 6.11. The molecule has 1 saturated carbocycles. The van der Waals surface area contributed by atoms with Gasteiger partial charge in [0, 0.05) is 23.2 Å². The van der Waals surface area contributed by atoms with Crippen molar-refractivity contribution in [2.24, 2.45) is 11.1 Å². The van der Waals surface area contributed by atoms with Crippen LogP contribution in [-0.4, -0.2) is 33.4 Å². The summed E-state index contributed by atoms with van der Waals surface area (Å²) in [6, 6.07) is 12.8. The van der Waals surface area contributed by atoms with Crippen molar-refractivity contribution in [3.63, 3.8) is 0 Å². The standard InChI is InChI=1S/C21H25N3O5S/c1-29-18-6-2-4-15(12-18)21(26)23-16-10-8-14(9-11-16)20(25)24-17-5-3-7-19(13-17)30(22,27)28/h2-7,12-14,16H,8-11H2,1H3,(H,23,26)(H,24,25)(H2,22,27,28). The molecule has 1 aliphatic carbocycles. The maximum Gasteiger partial charge on any atom is 0.251 e. The molecule has 1 aliphatic rings. The van der Waals surface area contributed by atoms with E-state index in [1.54, 1.807) is 37.4 Å². The maximum atomic E-state index is 12.6. The predicted octanol–water partition coefficient (Wildman–Crippen LogP) is 2.27. The van der Waals surface area contributed by atoms with Crippen LogP contribution in [0.25, 0.3) is 0 Å². The van der Waals surface area contributed by atoms with E-state index in [0.717, 1.165) is 0 Å². The number of carbonyl (C=O) groups excluding carboxylic acids is 2. The topological polar surface area (TPSA) is 128 Å². The molecule has 4 N–H and O–H groups in total. The quantitative estimate of drug-likeness (QED) is 0.646. The van der Waals surface area contributed by atoms with E-state index < -0.39 is 10.0 Å². The van der Waals surface area contributed by atoms with Crippen molar-refractivity contribution in [2.45, 2.75) is 36.6 Å². The molecule has 0 bridgehead atoms. The van der Waals surface area contributed by atoms with Gasteiger partial charge in [-0.25, -0.2) is 13.6 Å². The molecule has 0 radical (unpaired) electrons. The molecule has 30 heavy (non-hydrogen) atoms. The molecule has 2 amide bonds. The summed E-state index contributed by atoms with van der Waals surface area (Å²) in [5.74, 6) is 0.0865. The first-order valence-corrected chi connectivity index (χ1v) is 11.2. The zero-order chi connectivity index (χ0) is 21.7. The molecule has 0 aromatic heterocycles. The predicted molar refractivity (Wildman–Crippen MR) is 113 cm³/mol. The van der Waals surface area contributed by atoms with E-state index in [9.17, 15) is 18.0 Å². The van der Waals surface area contributed by atoms with Gasteiger partial charge in [-0.3, -0.25) is 9.59 Å². The average molecular weight is 432 g/mol. The zero-order valence-corrected chi connectivity index (χ0v) is 17.4. The second-order valence-electron chi connectivity index (χ2n) is 7.32. The summed E-state index contributed by atoms with van der Waals surface area (Å²) in [4.78, 5) is 25.0. The van der Waals surface area contributed by atoms with Gasteiger partial charge in [-0.05, 0) is 62.1 Å². The summed E-state index contributed by atoms with van der Waals surface area (Å²) in [5.41, 5.74) is 0.920. The molecule has 1 fully saturated rings. The molecule has 160 valence electrons. The minimum atomic E-state index is -3.83. The van der Waals surface area contributed by atoms with Crippen LogP contribution >= 0.6 is 0 Å². The van der Waals surface area contributed by atoms with Crippen molar-refractivity contribution < 1.29 is 22.7 Å². The number of hydrogen-bond acceptors (Lipinski definition) is 5. The van der Waals surface area contributed by atoms with Crippen LogP contribution in [0.5, 0.6) is 5.75 Å². The fourth-order valence-electron chi connectivity index (χ4n) is 3.53. The zero-order valence-electron chi connectivity index (χ0n) is 16.6. The fraction of sp³-hybridized carbons (Fsp3) is 0.333. The average Bonchev–Trinajstić information content (AvgIpc) is 2.74. The largest absolute Gasteiger partial charge is 0.497 e. The molecular formula is C21H25N3O5S. The number of ether oxygens (including phenoxy) is 1. The highest BCUT2D eigenvalue weighted by molar-refractivity contribution is 7.89. The molecule has 0 atom stereocenters. The lowest BCUT2D eigenvalue weighted by Gasteiger charge is -2.28. The molecular weight excluding hydrogens is 406 g/mol. The van der Waals surface area contributed by atoms with Gasteiger partial charge in [-0.15, -0.1) is 0 Å². The van der Waals surface area contributed by atoms with Gasteiger partial charge < -0.3 is 15.4 Å². The number of nitrogens with two attached hydrogens (primary N) is 1. The van der Waals surface area contributed by atoms with Gasteiger partial charge in [-0.1, -0.05) is 12.1 Å². The molecule has 2 aromatic carbocycles. The van der Waals surface area contributed by atoms with E-state index in [0.29, 0.717) is 42.7 Å². The number of amides is 2. The highest BCUT2D eigenvalue weighted by atomic mass is 32.2. The fourth-order valence-corrected chi connectivity index (χ4v) is 4.09. The number of anilines is 1. The van der Waals surface area contributed by atoms with E-state index in [-0.39, 0.29) is 28.7 Å². The normalized spacial score (nSPS) is 19.0. The number of sulfonamides is 1. The Morgan fingerprint density at radius 1 is 1.03 bits per heavy atom. The van der Waals surface area contributed by atoms with Crippen molar-refractivity contribution >= 4 is 27.5 Å². The molecule has 3 rings (SSSR count). The van der Waals surface area contributed by atoms with Gasteiger partial charge in [0.2, 0.25) is 15.9 Å². The lowest BCUT2D eigenvalue weighted by atomic mass is 9.85. The molecule has 2 aromatic rings. The van der Waals surface area contributed by atoms with Crippen molar-refractivity contribution in [3.8, 4) is 5.75 Å². The second-order valence-corrected chi connectivity index (χ2v) is 8.88. The Bertz CT molecular complexity index is 1030. The van der Waals surface area contributed by atoms with Crippen LogP contribution in [0.15, 0.2) is 53.4 Å². The van der Waals surface area contributed by atoms with Crippen LogP contribution in [0, 0.1) is 5.92 Å². The Kier molecular flexibility index (Phi) is 6.73. The van der Waals surface area contributed by atoms with Crippen LogP contribution in [0.1, 0.15) is 36.0 Å². The van der Waals surface area contributed by atoms with Crippen LogP contribution in [0.3, 0.4) is 0 Å². The van der Waals surface area contributed by atoms with Crippen LogP contribution in [-0.2, 0) is 14.8 Å². The molecule has 0 spiro atoms. The molecule has 0 saturated heterocycles. The van der Waals surface area contributed by atoms with E-state index in [1.807, 2.05) is 0 Å². The van der Waals surface area contributed by atoms with E-state index in [1.165, 1.54) is 18.2 Å². The number of primary sulfonamides is 1. The Morgan fingerprint density at radius 3 is 2.40 bits per heavy atom. The van der Waals surface area contributed by atoms with Crippen molar-refractivity contribution in [1.82, 2.24) is 5.32 Å². The lowest BCUT2D eigenvalue weighted by Crippen LogP contribution is -2.39. The third kappa shape index (κ3) is 5.58. The summed E-state index contributed by atoms with van der Waals surface area (Å²) in [6.45, 7) is 0. The van der Waals surface area contributed by atoms with E-state index in [4.69, 9.17) is 9.88 Å². The van der Waals surface area contributed by atoms with Gasteiger partial charge in [0.1, 0.15) is 5.75 Å². The maximum absolute atomic E-state index is 12.6. The monoisotopic (exact) mass is 431 g/mol. The first kappa shape index (κ1) is 21.8. The van der Waals surface area contributed by atoms with Crippen molar-refractivity contribution in [3.05, 3.63) is 54.1 Å². The summed E-state index contributed by atoms with van der Waals surface area (Å²) < 4.78 is 28.1. The van der Waals surface area contributed by atoms with Crippen LogP contribution in [0.4, 0.5) is 5.69 Å². The Labute approximate surface area is 175 Å².